The maximum Gasteiger partial charge on any atom is 0.324 e. The Morgan fingerprint density at radius 1 is 1.47 bits per heavy atom. The van der Waals surface area contributed by atoms with Crippen LogP contribution in [-0.2, 0) is 4.79 Å². The van der Waals surface area contributed by atoms with Crippen LogP contribution < -0.4 is 10.1 Å². The summed E-state index contributed by atoms with van der Waals surface area (Å²) in [6, 6.07) is 6.98. The van der Waals surface area contributed by atoms with E-state index in [9.17, 15) is 4.79 Å². The monoisotopic (exact) mass is 237 g/mol. The van der Waals surface area contributed by atoms with E-state index >= 15 is 0 Å². The molecule has 0 aliphatic rings. The highest BCUT2D eigenvalue weighted by Gasteiger charge is 2.18. The lowest BCUT2D eigenvalue weighted by Gasteiger charge is -2.17. The average Bonchev–Trinajstić information content (AvgIpc) is 2.23. The van der Waals surface area contributed by atoms with Crippen molar-refractivity contribution in [3.8, 4) is 5.75 Å². The van der Waals surface area contributed by atoms with Crippen molar-refractivity contribution in [1.29, 1.82) is 0 Å². The lowest BCUT2D eigenvalue weighted by molar-refractivity contribution is -0.140. The summed E-state index contributed by atoms with van der Waals surface area (Å²) in [7, 11) is 0. The predicted molar refractivity (Wildman–Crippen MR) is 66.4 cm³/mol. The molecule has 0 saturated carbocycles. The second-order valence-corrected chi connectivity index (χ2v) is 4.34. The third-order valence-corrected chi connectivity index (χ3v) is 2.24. The molecule has 1 atom stereocenters. The van der Waals surface area contributed by atoms with Gasteiger partial charge >= 0.3 is 5.97 Å². The van der Waals surface area contributed by atoms with E-state index in [0.717, 1.165) is 5.56 Å². The van der Waals surface area contributed by atoms with E-state index in [0.29, 0.717) is 5.75 Å². The topological polar surface area (TPSA) is 58.6 Å². The van der Waals surface area contributed by atoms with Gasteiger partial charge in [-0.2, -0.15) is 0 Å². The first-order chi connectivity index (χ1) is 7.99. The molecule has 2 N–H and O–H groups in total. The highest BCUT2D eigenvalue weighted by atomic mass is 16.5. The molecule has 17 heavy (non-hydrogen) atoms. The minimum absolute atomic E-state index is 0.109. The molecule has 94 valence electrons. The van der Waals surface area contributed by atoms with Gasteiger partial charge < -0.3 is 9.84 Å². The van der Waals surface area contributed by atoms with Crippen molar-refractivity contribution in [2.75, 3.05) is 6.61 Å². The standard InChI is InChI=1S/C13H19NO3/c1-9(2)14-12(13(15)16)8-17-11-6-4-5-10(3)7-11/h4-7,9,12,14H,8H2,1-3H3,(H,15,16). The Hall–Kier alpha value is -1.55. The summed E-state index contributed by atoms with van der Waals surface area (Å²) in [5.41, 5.74) is 1.09. The Balaban J connectivity index is 2.54. The molecule has 0 bridgehead atoms. The van der Waals surface area contributed by atoms with E-state index in [4.69, 9.17) is 9.84 Å². The third-order valence-electron chi connectivity index (χ3n) is 2.24. The summed E-state index contributed by atoms with van der Waals surface area (Å²) >= 11 is 0. The molecule has 0 saturated heterocycles. The molecule has 1 aromatic carbocycles. The number of rotatable bonds is 6. The van der Waals surface area contributed by atoms with Crippen molar-refractivity contribution in [3.63, 3.8) is 0 Å². The minimum Gasteiger partial charge on any atom is -0.491 e. The average molecular weight is 237 g/mol. The summed E-state index contributed by atoms with van der Waals surface area (Å²) in [6.07, 6.45) is 0. The smallest absolute Gasteiger partial charge is 0.324 e. The van der Waals surface area contributed by atoms with Crippen LogP contribution in [0.1, 0.15) is 19.4 Å². The van der Waals surface area contributed by atoms with Crippen molar-refractivity contribution in [1.82, 2.24) is 5.32 Å². The number of nitrogens with one attached hydrogen (secondary N) is 1. The van der Waals surface area contributed by atoms with Crippen LogP contribution in [0.5, 0.6) is 5.75 Å². The van der Waals surface area contributed by atoms with Crippen LogP contribution in [0, 0.1) is 6.92 Å². The van der Waals surface area contributed by atoms with Gasteiger partial charge in [0.1, 0.15) is 18.4 Å². The lowest BCUT2D eigenvalue weighted by atomic mass is 10.2. The molecule has 0 radical (unpaired) electrons. The molecular formula is C13H19NO3. The molecule has 1 rings (SSSR count). The molecule has 0 spiro atoms. The molecule has 0 aliphatic carbocycles. The van der Waals surface area contributed by atoms with Crippen molar-refractivity contribution in [3.05, 3.63) is 29.8 Å². The van der Waals surface area contributed by atoms with Crippen LogP contribution in [0.3, 0.4) is 0 Å². The van der Waals surface area contributed by atoms with Crippen LogP contribution in [-0.4, -0.2) is 29.8 Å². The van der Waals surface area contributed by atoms with Crippen LogP contribution in [0.4, 0.5) is 0 Å². The fourth-order valence-electron chi connectivity index (χ4n) is 1.48. The van der Waals surface area contributed by atoms with Gasteiger partial charge in [-0.25, -0.2) is 0 Å². The number of benzene rings is 1. The van der Waals surface area contributed by atoms with Crippen molar-refractivity contribution < 1.29 is 14.6 Å². The zero-order valence-corrected chi connectivity index (χ0v) is 10.4. The van der Waals surface area contributed by atoms with Gasteiger partial charge in [0.2, 0.25) is 0 Å². The third kappa shape index (κ3) is 4.87. The number of aryl methyl sites for hydroxylation is 1. The Kier molecular flexibility index (Phi) is 4.97. The van der Waals surface area contributed by atoms with Gasteiger partial charge in [0, 0.05) is 6.04 Å². The SMILES string of the molecule is Cc1cccc(OCC(NC(C)C)C(=O)O)c1. The Morgan fingerprint density at radius 3 is 2.71 bits per heavy atom. The molecule has 4 heteroatoms. The first kappa shape index (κ1) is 13.5. The highest BCUT2D eigenvalue weighted by Crippen LogP contribution is 2.12. The van der Waals surface area contributed by atoms with Gasteiger partial charge in [-0.15, -0.1) is 0 Å². The fourth-order valence-corrected chi connectivity index (χ4v) is 1.48. The van der Waals surface area contributed by atoms with Gasteiger partial charge in [-0.1, -0.05) is 26.0 Å². The predicted octanol–water partition coefficient (Wildman–Crippen LogP) is 1.83. The van der Waals surface area contributed by atoms with Crippen LogP contribution in [0.2, 0.25) is 0 Å². The Morgan fingerprint density at radius 2 is 2.18 bits per heavy atom. The maximum atomic E-state index is 11.0. The van der Waals surface area contributed by atoms with Gasteiger partial charge in [-0.3, -0.25) is 10.1 Å². The summed E-state index contributed by atoms with van der Waals surface area (Å²) in [5.74, 6) is -0.201. The Labute approximate surface area is 102 Å². The van der Waals surface area contributed by atoms with Gasteiger partial charge in [0.25, 0.3) is 0 Å². The van der Waals surface area contributed by atoms with Gasteiger partial charge in [0.05, 0.1) is 0 Å². The van der Waals surface area contributed by atoms with E-state index in [2.05, 4.69) is 5.32 Å². The molecule has 0 heterocycles. The Bertz CT molecular complexity index is 377. The van der Waals surface area contributed by atoms with Gasteiger partial charge in [-0.05, 0) is 24.6 Å². The molecule has 0 aliphatic heterocycles. The second kappa shape index (κ2) is 6.25. The van der Waals surface area contributed by atoms with Crippen LogP contribution in [0.15, 0.2) is 24.3 Å². The minimum atomic E-state index is -0.897. The summed E-state index contributed by atoms with van der Waals surface area (Å²) in [6.45, 7) is 5.90. The van der Waals surface area contributed by atoms with Crippen molar-refractivity contribution >= 4 is 5.97 Å². The number of carboxylic acid groups (broad SMARTS) is 1. The number of ether oxygens (including phenoxy) is 1. The zero-order valence-electron chi connectivity index (χ0n) is 10.4. The largest absolute Gasteiger partial charge is 0.491 e. The second-order valence-electron chi connectivity index (χ2n) is 4.34. The maximum absolute atomic E-state index is 11.0. The number of hydrogen-bond acceptors (Lipinski definition) is 3. The zero-order chi connectivity index (χ0) is 12.8. The summed E-state index contributed by atoms with van der Waals surface area (Å²) in [4.78, 5) is 11.0. The lowest BCUT2D eigenvalue weighted by Crippen LogP contribution is -2.44. The van der Waals surface area contributed by atoms with Crippen molar-refractivity contribution in [2.45, 2.75) is 32.9 Å². The normalized spacial score (nSPS) is 12.5. The van der Waals surface area contributed by atoms with Crippen molar-refractivity contribution in [2.24, 2.45) is 0 Å². The highest BCUT2D eigenvalue weighted by molar-refractivity contribution is 5.73. The molecule has 1 unspecified atom stereocenters. The molecular weight excluding hydrogens is 218 g/mol. The number of aliphatic carboxylic acids is 1. The van der Waals surface area contributed by atoms with Crippen LogP contribution in [0.25, 0.3) is 0 Å². The van der Waals surface area contributed by atoms with Crippen LogP contribution >= 0.6 is 0 Å². The number of hydrogen-bond donors (Lipinski definition) is 2. The first-order valence-electron chi connectivity index (χ1n) is 5.67. The fraction of sp³-hybridized carbons (Fsp3) is 0.462. The molecule has 1 aromatic rings. The van der Waals surface area contributed by atoms with Gasteiger partial charge in [0.15, 0.2) is 0 Å². The van der Waals surface area contributed by atoms with E-state index in [1.165, 1.54) is 0 Å². The van der Waals surface area contributed by atoms with E-state index < -0.39 is 12.0 Å². The molecule has 0 aromatic heterocycles. The number of carboxylic acids is 1. The molecule has 4 nitrogen and oxygen atoms in total. The van der Waals surface area contributed by atoms with E-state index in [1.807, 2.05) is 45.0 Å². The van der Waals surface area contributed by atoms with E-state index in [1.54, 1.807) is 0 Å². The quantitative estimate of drug-likeness (QED) is 0.792. The molecule has 0 fully saturated rings. The number of carbonyl (C=O) groups is 1. The summed E-state index contributed by atoms with van der Waals surface area (Å²) < 4.78 is 5.47. The first-order valence-corrected chi connectivity index (χ1v) is 5.67. The molecule has 0 amide bonds. The van der Waals surface area contributed by atoms with E-state index in [-0.39, 0.29) is 12.6 Å². The summed E-state index contributed by atoms with van der Waals surface area (Å²) in [5, 5.41) is 12.0.